The van der Waals surface area contributed by atoms with Gasteiger partial charge in [0.05, 0.1) is 18.2 Å². The smallest absolute Gasteiger partial charge is 0.295 e. The van der Waals surface area contributed by atoms with Crippen molar-refractivity contribution in [3.8, 4) is 5.75 Å². The first-order valence-corrected chi connectivity index (χ1v) is 11.9. The minimum Gasteiger partial charge on any atom is -0.507 e. The number of Topliss-reactive ketones (excluding diaryl/α,β-unsaturated/α-hetero) is 1. The molecule has 1 unspecified atom stereocenters. The number of likely N-dealkylation sites (tertiary alicyclic amines) is 1. The largest absolute Gasteiger partial charge is 0.507 e. The molecule has 2 heterocycles. The maximum absolute atomic E-state index is 13.2. The summed E-state index contributed by atoms with van der Waals surface area (Å²) >= 11 is 6.09. The molecule has 180 valence electrons. The highest BCUT2D eigenvalue weighted by Gasteiger charge is 2.46. The van der Waals surface area contributed by atoms with Crippen LogP contribution in [0.2, 0.25) is 5.02 Å². The van der Waals surface area contributed by atoms with Gasteiger partial charge >= 0.3 is 0 Å². The number of carbonyl (C=O) groups is 2. The summed E-state index contributed by atoms with van der Waals surface area (Å²) in [6.45, 7) is 4.76. The van der Waals surface area contributed by atoms with E-state index in [1.54, 1.807) is 60.9 Å². The van der Waals surface area contributed by atoms with Crippen LogP contribution in [0, 0.1) is 6.92 Å². The van der Waals surface area contributed by atoms with Crippen molar-refractivity contribution in [3.63, 3.8) is 0 Å². The second-order valence-corrected chi connectivity index (χ2v) is 8.96. The Labute approximate surface area is 209 Å². The van der Waals surface area contributed by atoms with Crippen LogP contribution in [0.3, 0.4) is 0 Å². The molecule has 2 aromatic carbocycles. The number of pyridine rings is 1. The van der Waals surface area contributed by atoms with Crippen molar-refractivity contribution < 1.29 is 19.4 Å². The topological polar surface area (TPSA) is 79.7 Å². The van der Waals surface area contributed by atoms with E-state index < -0.39 is 17.7 Å². The lowest BCUT2D eigenvalue weighted by Crippen LogP contribution is -2.29. The van der Waals surface area contributed by atoms with Gasteiger partial charge in [-0.2, -0.15) is 0 Å². The van der Waals surface area contributed by atoms with E-state index in [-0.39, 0.29) is 17.9 Å². The SMILES string of the molecule is CCCCOc1ccc(C(O)=C2C(=O)C(=O)N(Cc3cccnc3)C2c2ccc(Cl)cc2)cc1C. The van der Waals surface area contributed by atoms with Crippen molar-refractivity contribution in [3.05, 3.63) is 99.8 Å². The molecule has 35 heavy (non-hydrogen) atoms. The number of halogens is 1. The van der Waals surface area contributed by atoms with Crippen LogP contribution in [0.5, 0.6) is 5.75 Å². The van der Waals surface area contributed by atoms with Crippen molar-refractivity contribution in [2.24, 2.45) is 0 Å². The van der Waals surface area contributed by atoms with Crippen LogP contribution in [0.15, 0.2) is 72.6 Å². The molecule has 1 fully saturated rings. The Bertz CT molecular complexity index is 1260. The minimum absolute atomic E-state index is 0.0419. The minimum atomic E-state index is -0.770. The first kappa shape index (κ1) is 24.5. The number of carbonyl (C=O) groups excluding carboxylic acids is 2. The van der Waals surface area contributed by atoms with E-state index >= 15 is 0 Å². The summed E-state index contributed by atoms with van der Waals surface area (Å²) in [7, 11) is 0. The fourth-order valence-electron chi connectivity index (χ4n) is 4.16. The van der Waals surface area contributed by atoms with Gasteiger partial charge in [-0.1, -0.05) is 43.1 Å². The van der Waals surface area contributed by atoms with E-state index in [0.717, 1.165) is 29.7 Å². The van der Waals surface area contributed by atoms with Crippen LogP contribution in [0.4, 0.5) is 0 Å². The zero-order valence-corrected chi connectivity index (χ0v) is 20.5. The Morgan fingerprint density at radius 1 is 1.14 bits per heavy atom. The Kier molecular flexibility index (Phi) is 7.51. The maximum atomic E-state index is 13.2. The molecule has 0 aliphatic carbocycles. The second-order valence-electron chi connectivity index (χ2n) is 8.52. The highest BCUT2D eigenvalue weighted by Crippen LogP contribution is 2.41. The number of amides is 1. The number of hydrogen-bond donors (Lipinski definition) is 1. The molecule has 0 spiro atoms. The molecule has 1 amide bonds. The van der Waals surface area contributed by atoms with E-state index in [1.807, 2.05) is 13.0 Å². The summed E-state index contributed by atoms with van der Waals surface area (Å²) in [6, 6.07) is 15.0. The number of nitrogens with zero attached hydrogens (tertiary/aromatic N) is 2. The van der Waals surface area contributed by atoms with Gasteiger partial charge in [0.2, 0.25) is 0 Å². The highest BCUT2D eigenvalue weighted by molar-refractivity contribution is 6.46. The normalized spacial score (nSPS) is 17.1. The number of aromatic nitrogens is 1. The number of hydrogen-bond acceptors (Lipinski definition) is 5. The Morgan fingerprint density at radius 2 is 1.91 bits per heavy atom. The van der Waals surface area contributed by atoms with E-state index in [2.05, 4.69) is 11.9 Å². The van der Waals surface area contributed by atoms with Crippen molar-refractivity contribution >= 4 is 29.1 Å². The fourth-order valence-corrected chi connectivity index (χ4v) is 4.29. The van der Waals surface area contributed by atoms with Gasteiger partial charge < -0.3 is 14.7 Å². The molecule has 1 saturated heterocycles. The third kappa shape index (κ3) is 5.23. The van der Waals surface area contributed by atoms with Crippen molar-refractivity contribution in [2.45, 2.75) is 39.3 Å². The summed E-state index contributed by atoms with van der Waals surface area (Å²) in [5, 5.41) is 11.8. The average molecular weight is 491 g/mol. The lowest BCUT2D eigenvalue weighted by molar-refractivity contribution is -0.140. The number of aliphatic hydroxyl groups excluding tert-OH is 1. The molecule has 3 aromatic rings. The second kappa shape index (κ2) is 10.7. The molecule has 1 N–H and O–H groups in total. The molecule has 1 aliphatic rings. The van der Waals surface area contributed by atoms with Gasteiger partial charge in [-0.3, -0.25) is 14.6 Å². The highest BCUT2D eigenvalue weighted by atomic mass is 35.5. The third-order valence-corrected chi connectivity index (χ3v) is 6.26. The summed E-state index contributed by atoms with van der Waals surface area (Å²) < 4.78 is 5.82. The van der Waals surface area contributed by atoms with Gasteiger partial charge in [0.15, 0.2) is 0 Å². The molecule has 1 aliphatic heterocycles. The van der Waals surface area contributed by atoms with Crippen LogP contribution < -0.4 is 4.74 Å². The molecule has 1 atom stereocenters. The van der Waals surface area contributed by atoms with Crippen LogP contribution in [0.1, 0.15) is 48.1 Å². The third-order valence-electron chi connectivity index (χ3n) is 6.01. The lowest BCUT2D eigenvalue weighted by atomic mass is 9.94. The van der Waals surface area contributed by atoms with Crippen LogP contribution >= 0.6 is 11.6 Å². The van der Waals surface area contributed by atoms with Crippen LogP contribution in [0.25, 0.3) is 5.76 Å². The number of ether oxygens (including phenoxy) is 1. The summed E-state index contributed by atoms with van der Waals surface area (Å²) in [4.78, 5) is 31.9. The first-order valence-electron chi connectivity index (χ1n) is 11.6. The van der Waals surface area contributed by atoms with Gasteiger partial charge in [-0.25, -0.2) is 0 Å². The summed E-state index contributed by atoms with van der Waals surface area (Å²) in [5.74, 6) is -0.902. The number of rotatable bonds is 8. The monoisotopic (exact) mass is 490 g/mol. The molecule has 1 aromatic heterocycles. The zero-order valence-electron chi connectivity index (χ0n) is 19.7. The molecule has 0 bridgehead atoms. The predicted octanol–water partition coefficient (Wildman–Crippen LogP) is 5.84. The van der Waals surface area contributed by atoms with Crippen LogP contribution in [-0.4, -0.2) is 33.3 Å². The number of aliphatic hydroxyl groups is 1. The standard InChI is InChI=1S/C28H27ClN2O4/c1-3-4-14-35-23-12-9-21(15-18(23)2)26(32)24-25(20-7-10-22(29)11-8-20)31(28(34)27(24)33)17-19-6-5-13-30-16-19/h5-13,15-16,25,32H,3-4,14,17H2,1-2H3. The number of ketones is 1. The predicted molar refractivity (Wildman–Crippen MR) is 135 cm³/mol. The Balaban J connectivity index is 1.77. The van der Waals surface area contributed by atoms with E-state index in [9.17, 15) is 14.7 Å². The lowest BCUT2D eigenvalue weighted by Gasteiger charge is -2.25. The van der Waals surface area contributed by atoms with Gasteiger partial charge in [-0.05, 0) is 66.4 Å². The number of aryl methyl sites for hydroxylation is 1. The molecule has 7 heteroatoms. The van der Waals surface area contributed by atoms with E-state index in [1.165, 1.54) is 4.90 Å². The molecular formula is C28H27ClN2O4. The number of benzene rings is 2. The first-order chi connectivity index (χ1) is 16.9. The molecular weight excluding hydrogens is 464 g/mol. The Morgan fingerprint density at radius 3 is 2.57 bits per heavy atom. The van der Waals surface area contributed by atoms with Crippen molar-refractivity contribution in [1.82, 2.24) is 9.88 Å². The number of unbranched alkanes of at least 4 members (excludes halogenated alkanes) is 1. The van der Waals surface area contributed by atoms with Gasteiger partial charge in [0, 0.05) is 29.5 Å². The molecule has 0 radical (unpaired) electrons. The molecule has 4 rings (SSSR count). The van der Waals surface area contributed by atoms with Gasteiger partial charge in [0.25, 0.3) is 11.7 Å². The zero-order chi connectivity index (χ0) is 24.9. The summed E-state index contributed by atoms with van der Waals surface area (Å²) in [6.07, 6.45) is 5.27. The molecule has 6 nitrogen and oxygen atoms in total. The maximum Gasteiger partial charge on any atom is 0.295 e. The van der Waals surface area contributed by atoms with Crippen LogP contribution in [-0.2, 0) is 16.1 Å². The average Bonchev–Trinajstić information content (AvgIpc) is 3.10. The quantitative estimate of drug-likeness (QED) is 0.185. The Hall–Kier alpha value is -3.64. The van der Waals surface area contributed by atoms with Gasteiger partial charge in [-0.15, -0.1) is 0 Å². The summed E-state index contributed by atoms with van der Waals surface area (Å²) in [5.41, 5.74) is 2.77. The van der Waals surface area contributed by atoms with Gasteiger partial charge in [0.1, 0.15) is 11.5 Å². The van der Waals surface area contributed by atoms with Crippen molar-refractivity contribution in [1.29, 1.82) is 0 Å². The van der Waals surface area contributed by atoms with E-state index in [4.69, 9.17) is 16.3 Å². The van der Waals surface area contributed by atoms with Crippen molar-refractivity contribution in [2.75, 3.05) is 6.61 Å². The molecule has 0 saturated carbocycles. The fraction of sp³-hybridized carbons (Fsp3) is 0.250. The van der Waals surface area contributed by atoms with E-state index in [0.29, 0.717) is 22.8 Å².